The fraction of sp³-hybridized carbons (Fsp3) is 0.310. The third-order valence-electron chi connectivity index (χ3n) is 6.36. The third kappa shape index (κ3) is 6.11. The summed E-state index contributed by atoms with van der Waals surface area (Å²) in [5.41, 5.74) is 3.51. The molecule has 0 saturated carbocycles. The first kappa shape index (κ1) is 27.1. The summed E-state index contributed by atoms with van der Waals surface area (Å²) < 4.78 is 27.8. The van der Waals surface area contributed by atoms with Crippen LogP contribution in [-0.2, 0) is 11.2 Å². The molecule has 0 aliphatic carbocycles. The smallest absolute Gasteiger partial charge is 0.338 e. The Labute approximate surface area is 228 Å². The van der Waals surface area contributed by atoms with Gasteiger partial charge in [-0.1, -0.05) is 6.07 Å². The van der Waals surface area contributed by atoms with Gasteiger partial charge in [-0.3, -0.25) is 0 Å². The number of carbonyl (C=O) groups excluding carboxylic acids is 1. The van der Waals surface area contributed by atoms with E-state index in [4.69, 9.17) is 35.9 Å². The maximum absolute atomic E-state index is 12.0. The highest BCUT2D eigenvalue weighted by Crippen LogP contribution is 2.39. The van der Waals surface area contributed by atoms with Gasteiger partial charge >= 0.3 is 5.97 Å². The molecule has 4 rings (SSSR count). The molecule has 0 saturated heterocycles. The minimum atomic E-state index is -0.360. The zero-order chi connectivity index (χ0) is 27.1. The van der Waals surface area contributed by atoms with E-state index in [1.807, 2.05) is 36.4 Å². The van der Waals surface area contributed by atoms with Crippen molar-refractivity contribution in [1.82, 2.24) is 4.90 Å². The summed E-state index contributed by atoms with van der Waals surface area (Å²) in [6, 6.07) is 18.4. The number of thiocarbonyl (C=S) groups is 1. The number of hydrogen-bond donors (Lipinski definition) is 1. The molecule has 0 bridgehead atoms. The van der Waals surface area contributed by atoms with Crippen molar-refractivity contribution in [3.8, 4) is 23.0 Å². The van der Waals surface area contributed by atoms with Crippen molar-refractivity contribution in [2.45, 2.75) is 19.4 Å². The molecule has 3 aromatic carbocycles. The van der Waals surface area contributed by atoms with Crippen LogP contribution in [0.3, 0.4) is 0 Å². The summed E-state index contributed by atoms with van der Waals surface area (Å²) in [6.45, 7) is 3.11. The first-order valence-electron chi connectivity index (χ1n) is 12.3. The molecule has 0 aromatic heterocycles. The lowest BCUT2D eigenvalue weighted by molar-refractivity contribution is 0.0526. The summed E-state index contributed by atoms with van der Waals surface area (Å²) in [6.07, 6.45) is 0.778. The van der Waals surface area contributed by atoms with Crippen LogP contribution in [-0.4, -0.2) is 57.1 Å². The molecule has 8 nitrogen and oxygen atoms in total. The van der Waals surface area contributed by atoms with Crippen LogP contribution >= 0.6 is 12.2 Å². The van der Waals surface area contributed by atoms with Gasteiger partial charge in [0, 0.05) is 18.3 Å². The Balaban J connectivity index is 1.60. The van der Waals surface area contributed by atoms with E-state index in [2.05, 4.69) is 10.2 Å². The molecule has 1 atom stereocenters. The second-order valence-electron chi connectivity index (χ2n) is 8.58. The van der Waals surface area contributed by atoms with Gasteiger partial charge in [0.2, 0.25) is 0 Å². The number of esters is 1. The third-order valence-corrected chi connectivity index (χ3v) is 6.69. The first-order valence-corrected chi connectivity index (χ1v) is 12.7. The Bertz CT molecular complexity index is 1280. The highest BCUT2D eigenvalue weighted by atomic mass is 32.1. The van der Waals surface area contributed by atoms with Crippen LogP contribution in [0.15, 0.2) is 60.7 Å². The fourth-order valence-electron chi connectivity index (χ4n) is 4.42. The molecule has 0 spiro atoms. The molecule has 38 heavy (non-hydrogen) atoms. The number of anilines is 1. The van der Waals surface area contributed by atoms with Crippen molar-refractivity contribution < 1.29 is 28.5 Å². The summed E-state index contributed by atoms with van der Waals surface area (Å²) >= 11 is 5.86. The number of ether oxygens (including phenoxy) is 5. The Morgan fingerprint density at radius 3 is 2.39 bits per heavy atom. The van der Waals surface area contributed by atoms with E-state index < -0.39 is 0 Å². The molecule has 0 fully saturated rings. The first-order chi connectivity index (χ1) is 18.5. The lowest BCUT2D eigenvalue weighted by Gasteiger charge is -2.39. The predicted octanol–water partition coefficient (Wildman–Crippen LogP) is 5.26. The average Bonchev–Trinajstić information content (AvgIpc) is 2.95. The highest BCUT2D eigenvalue weighted by Gasteiger charge is 2.31. The number of carbonyl (C=O) groups is 1. The molecule has 0 radical (unpaired) electrons. The number of benzene rings is 3. The number of rotatable bonds is 9. The zero-order valence-corrected chi connectivity index (χ0v) is 22.8. The van der Waals surface area contributed by atoms with Gasteiger partial charge < -0.3 is 33.9 Å². The normalized spacial score (nSPS) is 14.2. The van der Waals surface area contributed by atoms with Crippen molar-refractivity contribution in [3.63, 3.8) is 0 Å². The minimum absolute atomic E-state index is 0.200. The van der Waals surface area contributed by atoms with Crippen LogP contribution in [0.1, 0.15) is 34.5 Å². The standard InChI is InChI=1S/C29H32N2O6S/c1-5-36-28(32)19-9-11-22(12-10-19)37-18-25-24-17-27(35-4)26(34-3)15-20(24)13-14-31(25)29(38)30-21-7-6-8-23(16-21)33-2/h6-12,15-17,25H,5,13-14,18H2,1-4H3,(H,30,38). The van der Waals surface area contributed by atoms with Gasteiger partial charge in [-0.15, -0.1) is 0 Å². The van der Waals surface area contributed by atoms with Gasteiger partial charge in [0.1, 0.15) is 18.1 Å². The summed E-state index contributed by atoms with van der Waals surface area (Å²) in [7, 11) is 4.89. The van der Waals surface area contributed by atoms with Crippen LogP contribution in [0.2, 0.25) is 0 Å². The molecule has 0 amide bonds. The van der Waals surface area contributed by atoms with Crippen LogP contribution < -0.4 is 24.3 Å². The number of nitrogens with zero attached hydrogens (tertiary/aromatic N) is 1. The Morgan fingerprint density at radius 2 is 1.71 bits per heavy atom. The highest BCUT2D eigenvalue weighted by molar-refractivity contribution is 7.80. The number of hydrogen-bond acceptors (Lipinski definition) is 7. The summed E-state index contributed by atoms with van der Waals surface area (Å²) in [4.78, 5) is 14.1. The largest absolute Gasteiger partial charge is 0.497 e. The van der Waals surface area contributed by atoms with Crippen molar-refractivity contribution in [1.29, 1.82) is 0 Å². The predicted molar refractivity (Wildman–Crippen MR) is 150 cm³/mol. The molecule has 3 aromatic rings. The van der Waals surface area contributed by atoms with Gasteiger partial charge in [-0.25, -0.2) is 4.79 Å². The molecule has 9 heteroatoms. The number of methoxy groups -OCH3 is 3. The molecule has 1 aliphatic heterocycles. The van der Waals surface area contributed by atoms with Crippen molar-refractivity contribution >= 4 is 29.0 Å². The Kier molecular flexibility index (Phi) is 8.91. The van der Waals surface area contributed by atoms with Crippen LogP contribution in [0.25, 0.3) is 0 Å². The van der Waals surface area contributed by atoms with E-state index in [0.29, 0.717) is 47.7 Å². The van der Waals surface area contributed by atoms with Gasteiger partial charge in [0.15, 0.2) is 16.6 Å². The van der Waals surface area contributed by atoms with Crippen LogP contribution in [0, 0.1) is 0 Å². The van der Waals surface area contributed by atoms with E-state index in [-0.39, 0.29) is 12.0 Å². The molecular weight excluding hydrogens is 504 g/mol. The topological polar surface area (TPSA) is 78.5 Å². The number of nitrogens with one attached hydrogen (secondary N) is 1. The molecular formula is C29H32N2O6S. The van der Waals surface area contributed by atoms with Crippen molar-refractivity contribution in [2.75, 3.05) is 46.4 Å². The lowest BCUT2D eigenvalue weighted by atomic mass is 9.92. The number of fused-ring (bicyclic) bond motifs is 1. The maximum atomic E-state index is 12.0. The molecule has 1 N–H and O–H groups in total. The lowest BCUT2D eigenvalue weighted by Crippen LogP contribution is -2.44. The fourth-order valence-corrected chi connectivity index (χ4v) is 4.76. The summed E-state index contributed by atoms with van der Waals surface area (Å²) in [5.74, 6) is 2.35. The van der Waals surface area contributed by atoms with E-state index in [9.17, 15) is 4.79 Å². The van der Waals surface area contributed by atoms with Gasteiger partial charge in [0.25, 0.3) is 0 Å². The van der Waals surface area contributed by atoms with Crippen molar-refractivity contribution in [3.05, 3.63) is 77.4 Å². The van der Waals surface area contributed by atoms with Crippen LogP contribution in [0.4, 0.5) is 5.69 Å². The molecule has 1 aliphatic rings. The van der Waals surface area contributed by atoms with Crippen molar-refractivity contribution in [2.24, 2.45) is 0 Å². The summed E-state index contributed by atoms with van der Waals surface area (Å²) in [5, 5.41) is 3.92. The minimum Gasteiger partial charge on any atom is -0.497 e. The van der Waals surface area contributed by atoms with E-state index in [1.165, 1.54) is 0 Å². The van der Waals surface area contributed by atoms with Gasteiger partial charge in [-0.05, 0) is 85.2 Å². The maximum Gasteiger partial charge on any atom is 0.338 e. The van der Waals surface area contributed by atoms with Gasteiger partial charge in [0.05, 0.1) is 39.5 Å². The second kappa shape index (κ2) is 12.5. The van der Waals surface area contributed by atoms with Gasteiger partial charge in [-0.2, -0.15) is 0 Å². The van der Waals surface area contributed by atoms with E-state index >= 15 is 0 Å². The average molecular weight is 537 g/mol. The molecule has 200 valence electrons. The molecule has 1 unspecified atom stereocenters. The Morgan fingerprint density at radius 1 is 0.974 bits per heavy atom. The molecule has 1 heterocycles. The second-order valence-corrected chi connectivity index (χ2v) is 8.97. The van der Waals surface area contributed by atoms with E-state index in [1.54, 1.807) is 52.5 Å². The van der Waals surface area contributed by atoms with Crippen LogP contribution in [0.5, 0.6) is 23.0 Å². The Hall–Kier alpha value is -3.98. The van der Waals surface area contributed by atoms with E-state index in [0.717, 1.165) is 29.0 Å². The quantitative estimate of drug-likeness (QED) is 0.291. The zero-order valence-electron chi connectivity index (χ0n) is 22.0. The monoisotopic (exact) mass is 536 g/mol. The SMILES string of the molecule is CCOC(=O)c1ccc(OCC2c3cc(OC)c(OC)cc3CCN2C(=S)Nc2cccc(OC)c2)cc1.